The van der Waals surface area contributed by atoms with Crippen LogP contribution in [0.4, 0.5) is 4.72 Å². The van der Waals surface area contributed by atoms with Crippen molar-refractivity contribution in [3.05, 3.63) is 0 Å². The molecule has 0 unspecified atom stereocenters. The van der Waals surface area contributed by atoms with Gasteiger partial charge in [-0.25, -0.2) is 0 Å². The summed E-state index contributed by atoms with van der Waals surface area (Å²) in [5, 5.41) is 8.45. The molecule has 1 aliphatic rings. The quantitative estimate of drug-likeness (QED) is 0.497. The van der Waals surface area contributed by atoms with E-state index < -0.39 is 0 Å². The summed E-state index contributed by atoms with van der Waals surface area (Å²) in [6, 6.07) is 2.22. The molecule has 0 spiro atoms. The van der Waals surface area contributed by atoms with Crippen LogP contribution in [0.15, 0.2) is 0 Å². The van der Waals surface area contributed by atoms with Gasteiger partial charge in [0, 0.05) is 0 Å². The number of rotatable bonds is 2. The molecule has 0 saturated carbocycles. The average Bonchev–Trinajstić information content (AvgIpc) is 2.33. The molecule has 1 heterocycles. The summed E-state index contributed by atoms with van der Waals surface area (Å²) in [6.45, 7) is 3.61. The Morgan fingerprint density at radius 2 is 1.93 bits per heavy atom. The van der Waals surface area contributed by atoms with Crippen molar-refractivity contribution >= 4 is 7.72 Å². The second-order valence-electron chi connectivity index (χ2n) is 3.76. The topological polar surface area (TPSA) is 40.9 Å². The van der Waals surface area contributed by atoms with E-state index in [1.807, 2.05) is 0 Å². The van der Waals surface area contributed by atoms with E-state index in [0.717, 1.165) is 17.4 Å². The molecule has 1 fully saturated rings. The molecule has 0 atom stereocenters. The Hall–Kier alpha value is -0.755. The van der Waals surface area contributed by atoms with Gasteiger partial charge in [-0.1, -0.05) is 0 Å². The number of likely N-dealkylation sites (tertiary alicyclic amines) is 1. The monoisotopic (exact) mass is 201 g/mol. The second kappa shape index (κ2) is 8.83. The van der Waals surface area contributed by atoms with E-state index >= 15 is 0 Å². The Morgan fingerprint density at radius 1 is 1.43 bits per heavy atom. The van der Waals surface area contributed by atoms with Gasteiger partial charge in [0.25, 0.3) is 1.45 Å². The van der Waals surface area contributed by atoms with Crippen LogP contribution in [0.25, 0.3) is 0 Å². The molecule has 1 rings (SSSR count). The van der Waals surface area contributed by atoms with Gasteiger partial charge in [-0.05, 0) is 19.3 Å². The van der Waals surface area contributed by atoms with Crippen molar-refractivity contribution in [1.29, 1.82) is 6.71 Å². The summed E-state index contributed by atoms with van der Waals surface area (Å²) in [6.07, 6.45) is 4.81. The van der Waals surface area contributed by atoms with E-state index in [1.165, 1.54) is 32.4 Å². The molecule has 3 nitrogen and oxygen atoms in total. The van der Waals surface area contributed by atoms with Gasteiger partial charge < -0.3 is 4.48 Å². The zero-order valence-corrected chi connectivity index (χ0v) is 8.71. The van der Waals surface area contributed by atoms with Gasteiger partial charge in [-0.15, -0.1) is 0 Å². The van der Waals surface area contributed by atoms with Crippen LogP contribution in [0, 0.1) is 11.3 Å². The third-order valence-corrected chi connectivity index (χ3v) is 2.66. The molecule has 79 valence electrons. The predicted octanol–water partition coefficient (Wildman–Crippen LogP) is 1.18. The van der Waals surface area contributed by atoms with E-state index in [-0.39, 0.29) is 0 Å². The molecule has 0 N–H and O–H groups in total. The van der Waals surface area contributed by atoms with Crippen LogP contribution in [0.5, 0.6) is 0 Å². The summed E-state index contributed by atoms with van der Waals surface area (Å²) < 4.78 is 21.9. The molecule has 0 aromatic rings. The van der Waals surface area contributed by atoms with Crippen molar-refractivity contribution in [3.8, 4) is 6.07 Å². The van der Waals surface area contributed by atoms with Gasteiger partial charge in [0.05, 0.1) is 39.2 Å². The van der Waals surface area contributed by atoms with Gasteiger partial charge in [0.1, 0.15) is 0 Å². The summed E-state index contributed by atoms with van der Waals surface area (Å²) in [5.41, 5.74) is 0. The number of hydrogen-bond donors (Lipinski definition) is 0. The third kappa shape index (κ3) is 5.82. The van der Waals surface area contributed by atoms with E-state index in [1.54, 1.807) is 0 Å². The van der Waals surface area contributed by atoms with Crippen molar-refractivity contribution < 1.29 is 13.9 Å². The summed E-state index contributed by atoms with van der Waals surface area (Å²) in [7, 11) is 5.52. The maximum atomic E-state index is 8.75. The van der Waals surface area contributed by atoms with Crippen molar-refractivity contribution in [2.24, 2.45) is 0 Å². The predicted molar refractivity (Wildman–Crippen MR) is 53.8 cm³/mol. The van der Waals surface area contributed by atoms with Gasteiger partial charge in [0.15, 0.2) is 0 Å². The normalized spacial score (nSPS) is 18.4. The molecule has 0 aliphatic carbocycles. The fraction of sp³-hybridized carbons (Fsp3) is 0.889. The van der Waals surface area contributed by atoms with Crippen molar-refractivity contribution in [2.45, 2.75) is 25.7 Å². The standard InChI is InChI=1S/C9H17N2.BO.FH/c1-11(9-5-6-10)7-3-2-4-8-11;1-2;/h2-5,7-9H2,1H3;;1H/q+1;;/i/hD. The zero-order valence-electron chi connectivity index (χ0n) is 9.71. The molecule has 1 aliphatic heterocycles. The van der Waals surface area contributed by atoms with Crippen LogP contribution >= 0.6 is 0 Å². The van der Waals surface area contributed by atoms with Crippen LogP contribution in [0.2, 0.25) is 0 Å². The number of nitriles is 1. The van der Waals surface area contributed by atoms with Crippen molar-refractivity contribution in [2.75, 3.05) is 26.7 Å². The maximum absolute atomic E-state index is 8.75. The number of piperidine rings is 1. The molecule has 1 saturated heterocycles. The summed E-state index contributed by atoms with van der Waals surface area (Å²) >= 11 is 0. The van der Waals surface area contributed by atoms with E-state index in [4.69, 9.17) is 14.7 Å². The fourth-order valence-corrected chi connectivity index (χ4v) is 1.82. The number of nitrogens with zero attached hydrogens (tertiary/aromatic N) is 2. The molecular weight excluding hydrogens is 182 g/mol. The van der Waals surface area contributed by atoms with E-state index in [9.17, 15) is 0 Å². The van der Waals surface area contributed by atoms with Gasteiger partial charge >= 0.3 is 12.4 Å². The Labute approximate surface area is 87.6 Å². The van der Waals surface area contributed by atoms with Crippen LogP contribution < -0.4 is 0 Å². The third-order valence-electron chi connectivity index (χ3n) is 2.66. The first-order valence-electron chi connectivity index (χ1n) is 5.09. The van der Waals surface area contributed by atoms with Crippen LogP contribution in [0.3, 0.4) is 0 Å². The van der Waals surface area contributed by atoms with E-state index in [0.29, 0.717) is 0 Å². The molecule has 0 aromatic carbocycles. The Balaban J connectivity index is 0. The zero-order chi connectivity index (χ0) is 12.2. The minimum atomic E-state index is 0.719. The van der Waals surface area contributed by atoms with Crippen molar-refractivity contribution in [1.82, 2.24) is 0 Å². The second-order valence-corrected chi connectivity index (χ2v) is 3.76. The van der Waals surface area contributed by atoms with Gasteiger partial charge in [-0.2, -0.15) is 5.26 Å². The molecule has 5 heteroatoms. The summed E-state index contributed by atoms with van der Waals surface area (Å²) in [5.74, 6) is 0. The minimum absolute atomic E-state index is 0.719. The number of quaternary nitrogens is 1. The first-order chi connectivity index (χ1) is 7.27. The molecule has 0 amide bonds. The van der Waals surface area contributed by atoms with Gasteiger partial charge in [-0.3, -0.25) is 4.72 Å². The Kier molecular flexibility index (Phi) is 8.35. The van der Waals surface area contributed by atoms with Crippen LogP contribution in [-0.4, -0.2) is 40.3 Å². The molecular formula is C9H18BFN2O+. The Bertz CT molecular complexity index is 183. The van der Waals surface area contributed by atoms with Crippen LogP contribution in [-0.2, 0) is 4.70 Å². The first kappa shape index (κ1) is 13.2. The van der Waals surface area contributed by atoms with Crippen LogP contribution in [0.1, 0.15) is 25.7 Å². The fourth-order valence-electron chi connectivity index (χ4n) is 1.82. The van der Waals surface area contributed by atoms with E-state index in [2.05, 4.69) is 22.3 Å². The SMILES string of the molecule is C[N+]1(CCC#N)CCCCC1.[2H]F.[B]=O. The molecule has 1 radical (unpaired) electrons. The first-order valence-corrected chi connectivity index (χ1v) is 4.71. The summed E-state index contributed by atoms with van der Waals surface area (Å²) in [4.78, 5) is 0. The molecule has 0 aromatic heterocycles. The Morgan fingerprint density at radius 3 is 2.36 bits per heavy atom. The van der Waals surface area contributed by atoms with Gasteiger partial charge in [0.2, 0.25) is 0 Å². The average molecular weight is 201 g/mol. The number of halogens is 1. The molecule has 0 bridgehead atoms. The number of hydrogen-bond acceptors (Lipinski definition) is 2. The van der Waals surface area contributed by atoms with Crippen molar-refractivity contribution in [3.63, 3.8) is 0 Å². The molecule has 14 heavy (non-hydrogen) atoms.